The number of carbonyl (C=O) groups excluding carboxylic acids is 2. The van der Waals surface area contributed by atoms with Crippen molar-refractivity contribution in [3.8, 4) is 5.75 Å². The molecule has 3 aromatic rings. The lowest BCUT2D eigenvalue weighted by Crippen LogP contribution is -2.18. The van der Waals surface area contributed by atoms with E-state index in [1.807, 2.05) is 6.07 Å². The first-order valence-electron chi connectivity index (χ1n) is 8.19. The first kappa shape index (κ1) is 19.8. The number of ether oxygens (including phenoxy) is 1. The number of halogens is 2. The van der Waals surface area contributed by atoms with Crippen LogP contribution < -0.4 is 10.2 Å². The molecule has 0 aliphatic rings. The Balaban J connectivity index is 1.59. The summed E-state index contributed by atoms with van der Waals surface area (Å²) < 4.78 is 5.99. The van der Waals surface area contributed by atoms with Gasteiger partial charge in [-0.3, -0.25) is 4.79 Å². The molecule has 0 radical (unpaired) electrons. The molecule has 28 heavy (non-hydrogen) atoms. The highest BCUT2D eigenvalue weighted by Crippen LogP contribution is 2.19. The van der Waals surface area contributed by atoms with E-state index in [1.165, 1.54) is 6.21 Å². The zero-order valence-electron chi connectivity index (χ0n) is 14.4. The zero-order chi connectivity index (χ0) is 19.9. The number of nitrogens with one attached hydrogen (secondary N) is 1. The number of carbonyl (C=O) groups is 2. The summed E-state index contributed by atoms with van der Waals surface area (Å²) in [6.45, 7) is 0. The van der Waals surface area contributed by atoms with Crippen molar-refractivity contribution in [2.75, 3.05) is 0 Å². The van der Waals surface area contributed by atoms with Gasteiger partial charge in [0, 0.05) is 4.47 Å². The minimum Gasteiger partial charge on any atom is -0.423 e. The fourth-order valence-electron chi connectivity index (χ4n) is 2.28. The maximum atomic E-state index is 12.1. The summed E-state index contributed by atoms with van der Waals surface area (Å²) in [5.41, 5.74) is 3.97. The maximum Gasteiger partial charge on any atom is 0.345 e. The average Bonchev–Trinajstić information content (AvgIpc) is 2.70. The predicted molar refractivity (Wildman–Crippen MR) is 112 cm³/mol. The molecule has 1 N–H and O–H groups in total. The van der Waals surface area contributed by atoms with Crippen molar-refractivity contribution < 1.29 is 14.3 Å². The lowest BCUT2D eigenvalue weighted by atomic mass is 10.2. The number of rotatable bonds is 5. The van der Waals surface area contributed by atoms with Crippen molar-refractivity contribution in [1.82, 2.24) is 5.43 Å². The van der Waals surface area contributed by atoms with Gasteiger partial charge in [0.05, 0.1) is 22.4 Å². The Morgan fingerprint density at radius 3 is 2.25 bits per heavy atom. The predicted octanol–water partition coefficient (Wildman–Crippen LogP) is 5.09. The Morgan fingerprint density at radius 1 is 0.929 bits per heavy atom. The molecule has 3 rings (SSSR count). The Bertz CT molecular complexity index is 1040. The monoisotopic (exact) mass is 456 g/mol. The zero-order valence-corrected chi connectivity index (χ0v) is 16.8. The normalized spacial score (nSPS) is 10.6. The van der Waals surface area contributed by atoms with Crippen LogP contribution >= 0.6 is 27.5 Å². The topological polar surface area (TPSA) is 67.8 Å². The van der Waals surface area contributed by atoms with Crippen LogP contribution in [0.4, 0.5) is 0 Å². The molecule has 0 spiro atoms. The van der Waals surface area contributed by atoms with Gasteiger partial charge in [-0.25, -0.2) is 10.2 Å². The van der Waals surface area contributed by atoms with Crippen LogP contribution in [0.5, 0.6) is 5.75 Å². The quantitative estimate of drug-likeness (QED) is 0.251. The molecule has 0 aromatic heterocycles. The van der Waals surface area contributed by atoms with Gasteiger partial charge in [-0.1, -0.05) is 35.9 Å². The number of amides is 1. The number of hydrazone groups is 1. The molecule has 0 aliphatic heterocycles. The Hall–Kier alpha value is -2.96. The Labute approximate surface area is 175 Å². The standard InChI is InChI=1S/C21H14BrClN2O3/c22-18-7-3-1-5-16(18)20(26)25-24-13-14-9-11-15(12-10-14)28-21(27)17-6-2-4-8-19(17)23/h1-13H,(H,25,26). The van der Waals surface area contributed by atoms with Crippen LogP contribution in [0.2, 0.25) is 5.02 Å². The number of nitrogens with zero attached hydrogens (tertiary/aromatic N) is 1. The third-order valence-corrected chi connectivity index (χ3v) is 4.70. The van der Waals surface area contributed by atoms with Gasteiger partial charge >= 0.3 is 5.97 Å². The van der Waals surface area contributed by atoms with Crippen LogP contribution in [0.15, 0.2) is 82.4 Å². The van der Waals surface area contributed by atoms with Gasteiger partial charge in [0.25, 0.3) is 5.91 Å². The SMILES string of the molecule is O=C(Oc1ccc(C=NNC(=O)c2ccccc2Br)cc1)c1ccccc1Cl. The molecule has 140 valence electrons. The third-order valence-electron chi connectivity index (χ3n) is 3.68. The van der Waals surface area contributed by atoms with Gasteiger partial charge in [0.1, 0.15) is 5.75 Å². The van der Waals surface area contributed by atoms with Gasteiger partial charge in [0.15, 0.2) is 0 Å². The van der Waals surface area contributed by atoms with E-state index in [-0.39, 0.29) is 5.91 Å². The van der Waals surface area contributed by atoms with E-state index >= 15 is 0 Å². The molecule has 0 bridgehead atoms. The van der Waals surface area contributed by atoms with E-state index in [1.54, 1.807) is 66.7 Å². The van der Waals surface area contributed by atoms with E-state index < -0.39 is 5.97 Å². The molecule has 3 aromatic carbocycles. The smallest absolute Gasteiger partial charge is 0.345 e. The Kier molecular flexibility index (Phi) is 6.57. The number of hydrogen-bond acceptors (Lipinski definition) is 4. The molecule has 0 saturated heterocycles. The molecule has 0 fully saturated rings. The van der Waals surface area contributed by atoms with Crippen LogP contribution in [0, 0.1) is 0 Å². The first-order chi connectivity index (χ1) is 13.5. The van der Waals surface area contributed by atoms with Gasteiger partial charge in [-0.2, -0.15) is 5.10 Å². The van der Waals surface area contributed by atoms with Gasteiger partial charge < -0.3 is 4.74 Å². The molecule has 1 amide bonds. The molecule has 5 nitrogen and oxygen atoms in total. The second-order valence-electron chi connectivity index (χ2n) is 5.62. The van der Waals surface area contributed by atoms with Gasteiger partial charge in [0.2, 0.25) is 0 Å². The molecule has 0 atom stereocenters. The summed E-state index contributed by atoms with van der Waals surface area (Å²) in [4.78, 5) is 24.2. The fraction of sp³-hybridized carbons (Fsp3) is 0. The second kappa shape index (κ2) is 9.30. The highest BCUT2D eigenvalue weighted by molar-refractivity contribution is 9.10. The molecule has 0 aliphatic carbocycles. The van der Waals surface area contributed by atoms with Crippen molar-refractivity contribution in [3.63, 3.8) is 0 Å². The minimum atomic E-state index is -0.535. The lowest BCUT2D eigenvalue weighted by Gasteiger charge is -2.06. The molecular weight excluding hydrogens is 444 g/mol. The van der Waals surface area contributed by atoms with Crippen molar-refractivity contribution >= 4 is 45.6 Å². The molecular formula is C21H14BrClN2O3. The highest BCUT2D eigenvalue weighted by atomic mass is 79.9. The molecule has 0 heterocycles. The van der Waals surface area contributed by atoms with E-state index in [0.717, 1.165) is 5.56 Å². The highest BCUT2D eigenvalue weighted by Gasteiger charge is 2.12. The number of benzene rings is 3. The summed E-state index contributed by atoms with van der Waals surface area (Å²) >= 11 is 9.31. The van der Waals surface area contributed by atoms with Crippen molar-refractivity contribution in [2.24, 2.45) is 5.10 Å². The molecule has 0 unspecified atom stereocenters. The maximum absolute atomic E-state index is 12.1. The fourth-order valence-corrected chi connectivity index (χ4v) is 2.96. The van der Waals surface area contributed by atoms with Crippen molar-refractivity contribution in [2.45, 2.75) is 0 Å². The minimum absolute atomic E-state index is 0.296. The summed E-state index contributed by atoms with van der Waals surface area (Å²) in [7, 11) is 0. The summed E-state index contributed by atoms with van der Waals surface area (Å²) in [6, 6.07) is 20.4. The average molecular weight is 458 g/mol. The van der Waals surface area contributed by atoms with Crippen LogP contribution in [0.1, 0.15) is 26.3 Å². The summed E-state index contributed by atoms with van der Waals surface area (Å²) in [6.07, 6.45) is 1.49. The van der Waals surface area contributed by atoms with Crippen LogP contribution in [0.3, 0.4) is 0 Å². The van der Waals surface area contributed by atoms with E-state index in [2.05, 4.69) is 26.5 Å². The lowest BCUT2D eigenvalue weighted by molar-refractivity contribution is 0.0734. The summed E-state index contributed by atoms with van der Waals surface area (Å²) in [5.74, 6) is -0.485. The van der Waals surface area contributed by atoms with Crippen molar-refractivity contribution in [3.05, 3.63) is 99.0 Å². The second-order valence-corrected chi connectivity index (χ2v) is 6.88. The van der Waals surface area contributed by atoms with E-state index in [0.29, 0.717) is 26.4 Å². The van der Waals surface area contributed by atoms with E-state index in [9.17, 15) is 9.59 Å². The number of hydrogen-bond donors (Lipinski definition) is 1. The van der Waals surface area contributed by atoms with Crippen LogP contribution in [-0.4, -0.2) is 18.1 Å². The third kappa shape index (κ3) is 5.06. The molecule has 7 heteroatoms. The molecule has 0 saturated carbocycles. The van der Waals surface area contributed by atoms with Gasteiger partial charge in [-0.15, -0.1) is 0 Å². The van der Waals surface area contributed by atoms with Crippen LogP contribution in [-0.2, 0) is 0 Å². The van der Waals surface area contributed by atoms with Crippen LogP contribution in [0.25, 0.3) is 0 Å². The number of esters is 1. The van der Waals surface area contributed by atoms with E-state index in [4.69, 9.17) is 16.3 Å². The summed E-state index contributed by atoms with van der Waals surface area (Å²) in [5, 5.41) is 4.27. The first-order valence-corrected chi connectivity index (χ1v) is 9.36. The van der Waals surface area contributed by atoms with Gasteiger partial charge in [-0.05, 0) is 70.0 Å². The largest absolute Gasteiger partial charge is 0.423 e. The van der Waals surface area contributed by atoms with Crippen molar-refractivity contribution in [1.29, 1.82) is 0 Å². The Morgan fingerprint density at radius 2 is 1.57 bits per heavy atom.